The average molecular weight is 253 g/mol. The molecule has 0 aliphatic carbocycles. The molecule has 2 N–H and O–H groups in total. The number of ether oxygens (including phenoxy) is 1. The minimum absolute atomic E-state index is 0.451. The van der Waals surface area contributed by atoms with Crippen LogP contribution in [-0.2, 0) is 6.54 Å². The van der Waals surface area contributed by atoms with Gasteiger partial charge in [0.2, 0.25) is 0 Å². The molecule has 2 aromatic heterocycles. The van der Waals surface area contributed by atoms with E-state index in [9.17, 15) is 0 Å². The lowest BCUT2D eigenvalue weighted by atomic mass is 10.1. The van der Waals surface area contributed by atoms with Crippen LogP contribution in [0.1, 0.15) is 5.69 Å². The maximum atomic E-state index is 5.87. The Balaban J connectivity index is 2.17. The van der Waals surface area contributed by atoms with Gasteiger partial charge in [-0.2, -0.15) is 0 Å². The van der Waals surface area contributed by atoms with E-state index in [1.54, 1.807) is 7.11 Å². The van der Waals surface area contributed by atoms with Gasteiger partial charge in [0.1, 0.15) is 11.4 Å². The molecule has 19 heavy (non-hydrogen) atoms. The van der Waals surface area contributed by atoms with E-state index >= 15 is 0 Å². The van der Waals surface area contributed by atoms with Crippen molar-refractivity contribution in [2.75, 3.05) is 7.11 Å². The first-order chi connectivity index (χ1) is 9.33. The quantitative estimate of drug-likeness (QED) is 0.780. The lowest BCUT2D eigenvalue weighted by molar-refractivity contribution is 0.415. The predicted molar refractivity (Wildman–Crippen MR) is 75.1 cm³/mol. The van der Waals surface area contributed by atoms with Gasteiger partial charge in [-0.1, -0.05) is 6.07 Å². The number of rotatable bonds is 3. The van der Waals surface area contributed by atoms with Crippen LogP contribution in [0.3, 0.4) is 0 Å². The average Bonchev–Trinajstić information content (AvgIpc) is 2.85. The molecule has 0 saturated carbocycles. The smallest absolute Gasteiger partial charge is 0.137 e. The molecule has 0 radical (unpaired) electrons. The van der Waals surface area contributed by atoms with E-state index < -0.39 is 0 Å². The summed E-state index contributed by atoms with van der Waals surface area (Å²) >= 11 is 0. The number of hydrogen-bond acceptors (Lipinski definition) is 3. The molecule has 0 unspecified atom stereocenters. The van der Waals surface area contributed by atoms with E-state index in [4.69, 9.17) is 10.5 Å². The largest absolute Gasteiger partial charge is 0.497 e. The Kier molecular flexibility index (Phi) is 2.93. The second kappa shape index (κ2) is 4.74. The normalized spacial score (nSPS) is 10.8. The molecule has 0 aliphatic rings. The van der Waals surface area contributed by atoms with Crippen molar-refractivity contribution in [2.45, 2.75) is 6.54 Å². The highest BCUT2D eigenvalue weighted by molar-refractivity contribution is 5.67. The van der Waals surface area contributed by atoms with Crippen molar-refractivity contribution in [3.8, 4) is 17.0 Å². The summed E-state index contributed by atoms with van der Waals surface area (Å²) in [5, 5.41) is 0. The lowest BCUT2D eigenvalue weighted by Gasteiger charge is -2.03. The lowest BCUT2D eigenvalue weighted by Crippen LogP contribution is -2.02. The molecule has 1 aromatic carbocycles. The van der Waals surface area contributed by atoms with E-state index in [1.165, 1.54) is 0 Å². The van der Waals surface area contributed by atoms with Gasteiger partial charge in [0.25, 0.3) is 0 Å². The Hall–Kier alpha value is -2.33. The monoisotopic (exact) mass is 253 g/mol. The number of imidazole rings is 1. The molecule has 4 heteroatoms. The first kappa shape index (κ1) is 11.7. The van der Waals surface area contributed by atoms with Gasteiger partial charge in [0, 0.05) is 18.3 Å². The van der Waals surface area contributed by atoms with Crippen molar-refractivity contribution in [2.24, 2.45) is 5.73 Å². The van der Waals surface area contributed by atoms with Crippen LogP contribution in [0.5, 0.6) is 5.75 Å². The van der Waals surface area contributed by atoms with Crippen molar-refractivity contribution >= 4 is 5.65 Å². The summed E-state index contributed by atoms with van der Waals surface area (Å²) in [6, 6.07) is 13.8. The summed E-state index contributed by atoms with van der Waals surface area (Å²) in [4.78, 5) is 4.65. The van der Waals surface area contributed by atoms with Gasteiger partial charge < -0.3 is 14.9 Å². The van der Waals surface area contributed by atoms with Gasteiger partial charge in [0.05, 0.1) is 18.5 Å². The summed E-state index contributed by atoms with van der Waals surface area (Å²) in [6.45, 7) is 0.451. The maximum absolute atomic E-state index is 5.87. The third kappa shape index (κ3) is 1.96. The predicted octanol–water partition coefficient (Wildman–Crippen LogP) is 2.47. The zero-order valence-corrected chi connectivity index (χ0v) is 10.7. The second-order valence-electron chi connectivity index (χ2n) is 4.27. The van der Waals surface area contributed by atoms with E-state index in [0.29, 0.717) is 6.54 Å². The van der Waals surface area contributed by atoms with Crippen LogP contribution in [0.25, 0.3) is 16.9 Å². The Labute approximate surface area is 111 Å². The molecule has 0 aliphatic heterocycles. The fraction of sp³-hybridized carbons (Fsp3) is 0.133. The third-order valence-electron chi connectivity index (χ3n) is 3.19. The number of aromatic nitrogens is 2. The van der Waals surface area contributed by atoms with Crippen LogP contribution in [0.4, 0.5) is 0 Å². The van der Waals surface area contributed by atoms with E-state index in [0.717, 1.165) is 28.3 Å². The molecular weight excluding hydrogens is 238 g/mol. The summed E-state index contributed by atoms with van der Waals surface area (Å²) in [5.41, 5.74) is 9.77. The molecule has 0 amide bonds. The molecule has 0 bridgehead atoms. The zero-order chi connectivity index (χ0) is 13.2. The van der Waals surface area contributed by atoms with Gasteiger partial charge in [0.15, 0.2) is 0 Å². The van der Waals surface area contributed by atoms with Gasteiger partial charge >= 0.3 is 0 Å². The summed E-state index contributed by atoms with van der Waals surface area (Å²) < 4.78 is 7.20. The summed E-state index contributed by atoms with van der Waals surface area (Å²) in [7, 11) is 1.66. The van der Waals surface area contributed by atoms with Crippen LogP contribution in [0, 0.1) is 0 Å². The van der Waals surface area contributed by atoms with Crippen molar-refractivity contribution in [3.05, 3.63) is 54.4 Å². The number of benzene rings is 1. The molecule has 0 fully saturated rings. The van der Waals surface area contributed by atoms with Gasteiger partial charge in [-0.15, -0.1) is 0 Å². The molecule has 96 valence electrons. The third-order valence-corrected chi connectivity index (χ3v) is 3.19. The van der Waals surface area contributed by atoms with E-state index in [1.807, 2.05) is 53.1 Å². The van der Waals surface area contributed by atoms with Crippen LogP contribution < -0.4 is 10.5 Å². The highest BCUT2D eigenvalue weighted by Crippen LogP contribution is 2.25. The van der Waals surface area contributed by atoms with Crippen LogP contribution in [0.2, 0.25) is 0 Å². The number of nitrogens with zero attached hydrogens (tertiary/aromatic N) is 2. The number of fused-ring (bicyclic) bond motifs is 1. The van der Waals surface area contributed by atoms with Crippen molar-refractivity contribution in [1.29, 1.82) is 0 Å². The van der Waals surface area contributed by atoms with Crippen molar-refractivity contribution in [1.82, 2.24) is 9.38 Å². The number of pyridine rings is 1. The summed E-state index contributed by atoms with van der Waals surface area (Å²) in [5.74, 6) is 0.835. The highest BCUT2D eigenvalue weighted by atomic mass is 16.5. The Morgan fingerprint density at radius 1 is 1.16 bits per heavy atom. The van der Waals surface area contributed by atoms with Gasteiger partial charge in [-0.3, -0.25) is 0 Å². The minimum Gasteiger partial charge on any atom is -0.497 e. The minimum atomic E-state index is 0.451. The summed E-state index contributed by atoms with van der Waals surface area (Å²) in [6.07, 6.45) is 1.98. The molecule has 3 aromatic rings. The molecule has 0 spiro atoms. The van der Waals surface area contributed by atoms with Crippen LogP contribution >= 0.6 is 0 Å². The first-order valence-electron chi connectivity index (χ1n) is 6.14. The van der Waals surface area contributed by atoms with Gasteiger partial charge in [-0.25, -0.2) is 4.98 Å². The SMILES string of the molecule is COc1ccc(-c2nc3ccccn3c2CN)cc1. The van der Waals surface area contributed by atoms with E-state index in [-0.39, 0.29) is 0 Å². The van der Waals surface area contributed by atoms with Crippen LogP contribution in [-0.4, -0.2) is 16.5 Å². The number of methoxy groups -OCH3 is 1. The van der Waals surface area contributed by atoms with Crippen LogP contribution in [0.15, 0.2) is 48.7 Å². The molecule has 3 rings (SSSR count). The highest BCUT2D eigenvalue weighted by Gasteiger charge is 2.12. The first-order valence-corrected chi connectivity index (χ1v) is 6.14. The van der Waals surface area contributed by atoms with E-state index in [2.05, 4.69) is 4.98 Å². The fourth-order valence-electron chi connectivity index (χ4n) is 2.22. The molecule has 4 nitrogen and oxygen atoms in total. The standard InChI is InChI=1S/C15H15N3O/c1-19-12-7-5-11(6-8-12)15-13(10-16)18-9-3-2-4-14(18)17-15/h2-9H,10,16H2,1H3. The maximum Gasteiger partial charge on any atom is 0.137 e. The second-order valence-corrected chi connectivity index (χ2v) is 4.27. The number of hydrogen-bond donors (Lipinski definition) is 1. The Morgan fingerprint density at radius 2 is 1.95 bits per heavy atom. The number of nitrogens with two attached hydrogens (primary N) is 1. The molecule has 2 heterocycles. The molecule has 0 atom stereocenters. The Morgan fingerprint density at radius 3 is 2.63 bits per heavy atom. The van der Waals surface area contributed by atoms with Crippen molar-refractivity contribution in [3.63, 3.8) is 0 Å². The molecule has 0 saturated heterocycles. The fourth-order valence-corrected chi connectivity index (χ4v) is 2.22. The molecular formula is C15H15N3O. The zero-order valence-electron chi connectivity index (χ0n) is 10.7. The topological polar surface area (TPSA) is 52.5 Å². The Bertz CT molecular complexity index is 701. The van der Waals surface area contributed by atoms with Crippen molar-refractivity contribution < 1.29 is 4.74 Å². The van der Waals surface area contributed by atoms with Gasteiger partial charge in [-0.05, 0) is 36.4 Å².